The SMILES string of the molecule is O=C(O)CCCCCO/N=C1\CCCOc2ccc(Br)cc21. The summed E-state index contributed by atoms with van der Waals surface area (Å²) in [6.07, 6.45) is 4.27. The molecule has 2 rings (SSSR count). The number of rotatable bonds is 7. The van der Waals surface area contributed by atoms with Crippen LogP contribution in [0.3, 0.4) is 0 Å². The summed E-state index contributed by atoms with van der Waals surface area (Å²) >= 11 is 3.47. The molecule has 0 radical (unpaired) electrons. The number of oxime groups is 1. The van der Waals surface area contributed by atoms with E-state index in [0.29, 0.717) is 19.6 Å². The van der Waals surface area contributed by atoms with Gasteiger partial charge in [-0.15, -0.1) is 0 Å². The van der Waals surface area contributed by atoms with Crippen LogP contribution in [0.5, 0.6) is 5.75 Å². The van der Waals surface area contributed by atoms with Crippen molar-refractivity contribution >= 4 is 27.6 Å². The first-order valence-corrected chi connectivity index (χ1v) is 8.29. The van der Waals surface area contributed by atoms with Crippen molar-refractivity contribution < 1.29 is 19.5 Å². The maximum atomic E-state index is 10.4. The lowest BCUT2D eigenvalue weighted by Gasteiger charge is -2.08. The molecule has 1 N–H and O–H groups in total. The zero-order valence-corrected chi connectivity index (χ0v) is 14.0. The topological polar surface area (TPSA) is 68.1 Å². The van der Waals surface area contributed by atoms with Gasteiger partial charge in [0.1, 0.15) is 12.4 Å². The van der Waals surface area contributed by atoms with Gasteiger partial charge < -0.3 is 14.7 Å². The number of unbranched alkanes of at least 4 members (excludes halogenated alkanes) is 2. The van der Waals surface area contributed by atoms with Crippen molar-refractivity contribution in [3.05, 3.63) is 28.2 Å². The molecule has 120 valence electrons. The first kappa shape index (κ1) is 16.8. The van der Waals surface area contributed by atoms with Gasteiger partial charge in [0.25, 0.3) is 0 Å². The van der Waals surface area contributed by atoms with Crippen LogP contribution >= 0.6 is 15.9 Å². The van der Waals surface area contributed by atoms with E-state index in [2.05, 4.69) is 21.1 Å². The molecule has 0 atom stereocenters. The van der Waals surface area contributed by atoms with Crippen LogP contribution in [0.4, 0.5) is 0 Å². The maximum absolute atomic E-state index is 10.4. The maximum Gasteiger partial charge on any atom is 0.303 e. The summed E-state index contributed by atoms with van der Waals surface area (Å²) in [6.45, 7) is 1.19. The minimum atomic E-state index is -0.748. The van der Waals surface area contributed by atoms with Crippen LogP contribution in [-0.4, -0.2) is 30.0 Å². The van der Waals surface area contributed by atoms with Gasteiger partial charge in [-0.3, -0.25) is 4.79 Å². The Morgan fingerprint density at radius 1 is 1.36 bits per heavy atom. The summed E-state index contributed by atoms with van der Waals surface area (Å²) in [5.74, 6) is 0.0892. The number of halogens is 1. The highest BCUT2D eigenvalue weighted by atomic mass is 79.9. The second kappa shape index (κ2) is 8.78. The van der Waals surface area contributed by atoms with E-state index in [1.807, 2.05) is 18.2 Å². The van der Waals surface area contributed by atoms with Crippen molar-refractivity contribution in [2.24, 2.45) is 5.16 Å². The van der Waals surface area contributed by atoms with Crippen molar-refractivity contribution in [3.8, 4) is 5.75 Å². The molecule has 1 aromatic carbocycles. The highest BCUT2D eigenvalue weighted by Gasteiger charge is 2.16. The standard InChI is InChI=1S/C16H20BrNO4/c17-12-7-8-15-13(11-12)14(5-4-9-21-15)18-22-10-3-1-2-6-16(19)20/h7-8,11H,1-6,9-10H2,(H,19,20)/b18-14+. The molecule has 6 heteroatoms. The smallest absolute Gasteiger partial charge is 0.303 e. The van der Waals surface area contributed by atoms with Crippen molar-refractivity contribution in [1.29, 1.82) is 0 Å². The zero-order valence-electron chi connectivity index (χ0n) is 12.4. The molecule has 22 heavy (non-hydrogen) atoms. The number of hydrogen-bond donors (Lipinski definition) is 1. The normalized spacial score (nSPS) is 15.8. The molecule has 0 fully saturated rings. The van der Waals surface area contributed by atoms with Crippen molar-refractivity contribution in [3.63, 3.8) is 0 Å². The Morgan fingerprint density at radius 3 is 3.05 bits per heavy atom. The molecule has 1 heterocycles. The fraction of sp³-hybridized carbons (Fsp3) is 0.500. The summed E-state index contributed by atoms with van der Waals surface area (Å²) < 4.78 is 6.69. The monoisotopic (exact) mass is 369 g/mol. The Morgan fingerprint density at radius 2 is 2.23 bits per heavy atom. The molecular formula is C16H20BrNO4. The lowest BCUT2D eigenvalue weighted by Crippen LogP contribution is -2.02. The number of carboxylic acid groups (broad SMARTS) is 1. The van der Waals surface area contributed by atoms with Gasteiger partial charge in [0.15, 0.2) is 0 Å². The quantitative estimate of drug-likeness (QED) is 0.582. The fourth-order valence-corrected chi connectivity index (χ4v) is 2.61. The summed E-state index contributed by atoms with van der Waals surface area (Å²) in [5, 5.41) is 12.8. The highest BCUT2D eigenvalue weighted by molar-refractivity contribution is 9.10. The number of fused-ring (bicyclic) bond motifs is 1. The third kappa shape index (κ3) is 5.33. The average molecular weight is 370 g/mol. The predicted molar refractivity (Wildman–Crippen MR) is 87.5 cm³/mol. The molecular weight excluding hydrogens is 350 g/mol. The van der Waals surface area contributed by atoms with E-state index >= 15 is 0 Å². The number of aliphatic carboxylic acids is 1. The summed E-state index contributed by atoms with van der Waals surface area (Å²) in [4.78, 5) is 15.8. The van der Waals surface area contributed by atoms with Gasteiger partial charge in [0.05, 0.1) is 12.3 Å². The summed E-state index contributed by atoms with van der Waals surface area (Å²) in [5.41, 5.74) is 1.87. The number of benzene rings is 1. The van der Waals surface area contributed by atoms with Gasteiger partial charge in [-0.25, -0.2) is 0 Å². The van der Waals surface area contributed by atoms with E-state index in [9.17, 15) is 4.79 Å². The molecule has 0 aliphatic carbocycles. The van der Waals surface area contributed by atoms with Gasteiger partial charge >= 0.3 is 5.97 Å². The summed E-state index contributed by atoms with van der Waals surface area (Å²) in [6, 6.07) is 5.88. The Labute approximate surface area is 138 Å². The van der Waals surface area contributed by atoms with Crippen molar-refractivity contribution in [1.82, 2.24) is 0 Å². The van der Waals surface area contributed by atoms with Gasteiger partial charge in [-0.05, 0) is 50.3 Å². The Bertz CT molecular complexity index is 545. The Kier molecular flexibility index (Phi) is 6.71. The van der Waals surface area contributed by atoms with Crippen LogP contribution < -0.4 is 4.74 Å². The van der Waals surface area contributed by atoms with E-state index in [1.165, 1.54) is 0 Å². The van der Waals surface area contributed by atoms with Crippen LogP contribution in [0.25, 0.3) is 0 Å². The molecule has 5 nitrogen and oxygen atoms in total. The van der Waals surface area contributed by atoms with Crippen LogP contribution in [0.1, 0.15) is 44.1 Å². The molecule has 0 saturated carbocycles. The Balaban J connectivity index is 1.86. The molecule has 0 aromatic heterocycles. The largest absolute Gasteiger partial charge is 0.493 e. The predicted octanol–water partition coefficient (Wildman–Crippen LogP) is 3.99. The minimum absolute atomic E-state index is 0.216. The second-order valence-electron chi connectivity index (χ2n) is 5.17. The number of hydrogen-bond acceptors (Lipinski definition) is 4. The van der Waals surface area contributed by atoms with Gasteiger partial charge in [-0.1, -0.05) is 21.1 Å². The van der Waals surface area contributed by atoms with E-state index in [1.54, 1.807) is 0 Å². The zero-order chi connectivity index (χ0) is 15.8. The van der Waals surface area contributed by atoms with Gasteiger partial charge in [0, 0.05) is 16.5 Å². The number of carboxylic acids is 1. The molecule has 1 aliphatic heterocycles. The highest BCUT2D eigenvalue weighted by Crippen LogP contribution is 2.27. The van der Waals surface area contributed by atoms with Crippen molar-refractivity contribution in [2.45, 2.75) is 38.5 Å². The third-order valence-electron chi connectivity index (χ3n) is 3.37. The summed E-state index contributed by atoms with van der Waals surface area (Å²) in [7, 11) is 0. The molecule has 1 aliphatic rings. The first-order chi connectivity index (χ1) is 10.7. The average Bonchev–Trinajstić information content (AvgIpc) is 2.68. The molecule has 0 saturated heterocycles. The van der Waals surface area contributed by atoms with Gasteiger partial charge in [0.2, 0.25) is 0 Å². The van der Waals surface area contributed by atoms with Crippen molar-refractivity contribution in [2.75, 3.05) is 13.2 Å². The van der Waals surface area contributed by atoms with E-state index in [4.69, 9.17) is 14.7 Å². The number of nitrogens with zero attached hydrogens (tertiary/aromatic N) is 1. The van der Waals surface area contributed by atoms with E-state index in [0.717, 1.165) is 47.2 Å². The van der Waals surface area contributed by atoms with Crippen LogP contribution in [0.15, 0.2) is 27.8 Å². The fourth-order valence-electron chi connectivity index (χ4n) is 2.25. The van der Waals surface area contributed by atoms with E-state index in [-0.39, 0.29) is 6.42 Å². The molecule has 0 unspecified atom stereocenters. The third-order valence-corrected chi connectivity index (χ3v) is 3.86. The second-order valence-corrected chi connectivity index (χ2v) is 6.08. The molecule has 0 spiro atoms. The number of ether oxygens (including phenoxy) is 1. The Hall–Kier alpha value is -1.56. The van der Waals surface area contributed by atoms with Crippen LogP contribution in [0, 0.1) is 0 Å². The lowest BCUT2D eigenvalue weighted by molar-refractivity contribution is -0.137. The number of carbonyl (C=O) groups is 1. The molecule has 0 amide bonds. The van der Waals surface area contributed by atoms with E-state index < -0.39 is 5.97 Å². The lowest BCUT2D eigenvalue weighted by atomic mass is 10.1. The minimum Gasteiger partial charge on any atom is -0.493 e. The first-order valence-electron chi connectivity index (χ1n) is 7.50. The van der Waals surface area contributed by atoms with Crippen LogP contribution in [-0.2, 0) is 9.63 Å². The molecule has 1 aromatic rings. The molecule has 0 bridgehead atoms. The van der Waals surface area contributed by atoms with Crippen LogP contribution in [0.2, 0.25) is 0 Å². The van der Waals surface area contributed by atoms with Gasteiger partial charge in [-0.2, -0.15) is 0 Å².